The van der Waals surface area contributed by atoms with E-state index >= 15 is 0 Å². The van der Waals surface area contributed by atoms with Crippen LogP contribution in [0.1, 0.15) is 16.7 Å². The van der Waals surface area contributed by atoms with Crippen molar-refractivity contribution in [3.63, 3.8) is 0 Å². The van der Waals surface area contributed by atoms with Crippen LogP contribution in [-0.2, 0) is 10.5 Å². The Kier molecular flexibility index (Phi) is 6.25. The number of aryl methyl sites for hydroxylation is 2. The van der Waals surface area contributed by atoms with Crippen LogP contribution in [0, 0.1) is 13.8 Å². The maximum atomic E-state index is 12.0. The van der Waals surface area contributed by atoms with Gasteiger partial charge in [0.15, 0.2) is 10.9 Å². The van der Waals surface area contributed by atoms with Crippen molar-refractivity contribution in [2.24, 2.45) is 0 Å². The van der Waals surface area contributed by atoms with Crippen molar-refractivity contribution >= 4 is 34.1 Å². The molecule has 0 aliphatic rings. The van der Waals surface area contributed by atoms with Gasteiger partial charge >= 0.3 is 0 Å². The number of benzene rings is 2. The molecule has 0 saturated heterocycles. The lowest BCUT2D eigenvalue weighted by Crippen LogP contribution is -2.20. The zero-order chi connectivity index (χ0) is 18.4. The second-order valence-corrected chi connectivity index (χ2v) is 7.93. The summed E-state index contributed by atoms with van der Waals surface area (Å²) in [6.07, 6.45) is 0. The molecule has 134 valence electrons. The van der Waals surface area contributed by atoms with Gasteiger partial charge in [-0.2, -0.15) is 0 Å². The van der Waals surface area contributed by atoms with Gasteiger partial charge in [0.05, 0.1) is 0 Å². The standard InChI is InChI=1S/C19H19N3O2S2/c1-13-8-9-16(10-14(13)2)24-11-17(23)20-18-21-22-19(26-18)25-12-15-6-4-3-5-7-15/h3-10H,11-12H2,1-2H3,(H,20,21,23). The van der Waals surface area contributed by atoms with Gasteiger partial charge in [-0.25, -0.2) is 0 Å². The molecular formula is C19H19N3O2S2. The van der Waals surface area contributed by atoms with E-state index in [1.54, 1.807) is 11.8 Å². The van der Waals surface area contributed by atoms with Crippen molar-refractivity contribution in [1.82, 2.24) is 10.2 Å². The summed E-state index contributed by atoms with van der Waals surface area (Å²) in [6, 6.07) is 15.9. The Morgan fingerprint density at radius 1 is 1.12 bits per heavy atom. The van der Waals surface area contributed by atoms with E-state index in [-0.39, 0.29) is 12.5 Å². The van der Waals surface area contributed by atoms with Crippen LogP contribution in [0.2, 0.25) is 0 Å². The molecule has 1 heterocycles. The number of hydrogen-bond donors (Lipinski definition) is 1. The third-order valence-corrected chi connectivity index (χ3v) is 5.75. The van der Waals surface area contributed by atoms with E-state index < -0.39 is 0 Å². The van der Waals surface area contributed by atoms with Gasteiger partial charge in [0.1, 0.15) is 5.75 Å². The average molecular weight is 386 g/mol. The minimum absolute atomic E-state index is 0.0609. The molecule has 0 unspecified atom stereocenters. The van der Waals surface area contributed by atoms with Gasteiger partial charge in [0, 0.05) is 5.75 Å². The second-order valence-electron chi connectivity index (χ2n) is 5.73. The molecule has 3 aromatic rings. The first-order valence-corrected chi connectivity index (χ1v) is 9.90. The molecule has 0 spiro atoms. The molecular weight excluding hydrogens is 366 g/mol. The number of aromatic nitrogens is 2. The maximum Gasteiger partial charge on any atom is 0.264 e. The van der Waals surface area contributed by atoms with E-state index in [2.05, 4.69) is 27.6 Å². The van der Waals surface area contributed by atoms with Crippen LogP contribution >= 0.6 is 23.1 Å². The number of hydrogen-bond acceptors (Lipinski definition) is 6. The largest absolute Gasteiger partial charge is 0.484 e. The molecule has 0 atom stereocenters. The molecule has 1 amide bonds. The summed E-state index contributed by atoms with van der Waals surface area (Å²) in [7, 11) is 0. The highest BCUT2D eigenvalue weighted by atomic mass is 32.2. The van der Waals surface area contributed by atoms with Crippen LogP contribution < -0.4 is 10.1 Å². The number of ether oxygens (including phenoxy) is 1. The van der Waals surface area contributed by atoms with E-state index in [9.17, 15) is 4.79 Å². The van der Waals surface area contributed by atoms with Crippen molar-refractivity contribution in [3.8, 4) is 5.75 Å². The lowest BCUT2D eigenvalue weighted by Gasteiger charge is -2.07. The SMILES string of the molecule is Cc1ccc(OCC(=O)Nc2nnc(SCc3ccccc3)s2)cc1C. The first-order valence-electron chi connectivity index (χ1n) is 8.10. The number of thioether (sulfide) groups is 1. The van der Waals surface area contributed by atoms with Crippen LogP contribution in [0.5, 0.6) is 5.75 Å². The van der Waals surface area contributed by atoms with E-state index in [0.717, 1.165) is 15.7 Å². The normalized spacial score (nSPS) is 10.5. The van der Waals surface area contributed by atoms with E-state index in [1.807, 2.05) is 50.2 Å². The summed E-state index contributed by atoms with van der Waals surface area (Å²) in [6.45, 7) is 3.99. The first kappa shape index (κ1) is 18.4. The number of carbonyl (C=O) groups is 1. The van der Waals surface area contributed by atoms with Gasteiger partial charge in [-0.15, -0.1) is 10.2 Å². The zero-order valence-electron chi connectivity index (χ0n) is 14.6. The van der Waals surface area contributed by atoms with Crippen LogP contribution in [0.3, 0.4) is 0 Å². The Morgan fingerprint density at radius 2 is 1.92 bits per heavy atom. The van der Waals surface area contributed by atoms with Gasteiger partial charge in [-0.05, 0) is 42.7 Å². The third-order valence-electron chi connectivity index (χ3n) is 3.71. The van der Waals surface area contributed by atoms with Gasteiger partial charge in [-0.1, -0.05) is 59.5 Å². The van der Waals surface area contributed by atoms with Gasteiger partial charge in [0.2, 0.25) is 5.13 Å². The number of nitrogens with zero attached hydrogens (tertiary/aromatic N) is 2. The van der Waals surface area contributed by atoms with E-state index in [0.29, 0.717) is 10.9 Å². The molecule has 0 saturated carbocycles. The smallest absolute Gasteiger partial charge is 0.264 e. The summed E-state index contributed by atoms with van der Waals surface area (Å²) in [5, 5.41) is 11.3. The fraction of sp³-hybridized carbons (Fsp3) is 0.211. The third kappa shape index (κ3) is 5.31. The van der Waals surface area contributed by atoms with Gasteiger partial charge in [-0.3, -0.25) is 10.1 Å². The number of amides is 1. The topological polar surface area (TPSA) is 64.1 Å². The highest BCUT2D eigenvalue weighted by Gasteiger charge is 2.10. The molecule has 1 N–H and O–H groups in total. The molecule has 5 nitrogen and oxygen atoms in total. The minimum Gasteiger partial charge on any atom is -0.484 e. The summed E-state index contributed by atoms with van der Waals surface area (Å²) in [5.74, 6) is 1.25. The molecule has 26 heavy (non-hydrogen) atoms. The first-order chi connectivity index (χ1) is 12.6. The summed E-state index contributed by atoms with van der Waals surface area (Å²) in [5.41, 5.74) is 3.54. The molecule has 0 fully saturated rings. The van der Waals surface area contributed by atoms with Crippen LogP contribution in [-0.4, -0.2) is 22.7 Å². The molecule has 0 radical (unpaired) electrons. The Labute approximate surface area is 160 Å². The van der Waals surface area contributed by atoms with Gasteiger partial charge in [0.25, 0.3) is 5.91 Å². The Hall–Kier alpha value is -2.38. The fourth-order valence-corrected chi connectivity index (χ4v) is 3.87. The molecule has 0 bridgehead atoms. The van der Waals surface area contributed by atoms with Crippen molar-refractivity contribution in [1.29, 1.82) is 0 Å². The quantitative estimate of drug-likeness (QED) is 0.480. The molecule has 3 rings (SSSR count). The Balaban J connectivity index is 1.47. The zero-order valence-corrected chi connectivity index (χ0v) is 16.2. The molecule has 2 aromatic carbocycles. The summed E-state index contributed by atoms with van der Waals surface area (Å²) < 4.78 is 6.35. The lowest BCUT2D eigenvalue weighted by molar-refractivity contribution is -0.118. The number of anilines is 1. The molecule has 7 heteroatoms. The lowest BCUT2D eigenvalue weighted by atomic mass is 10.1. The highest BCUT2D eigenvalue weighted by molar-refractivity contribution is 8.00. The van der Waals surface area contributed by atoms with Crippen LogP contribution in [0.15, 0.2) is 52.9 Å². The van der Waals surface area contributed by atoms with Crippen LogP contribution in [0.4, 0.5) is 5.13 Å². The van der Waals surface area contributed by atoms with Crippen molar-refractivity contribution in [2.45, 2.75) is 23.9 Å². The average Bonchev–Trinajstić information content (AvgIpc) is 3.09. The highest BCUT2D eigenvalue weighted by Crippen LogP contribution is 2.28. The van der Waals surface area contributed by atoms with Crippen molar-refractivity contribution in [3.05, 3.63) is 65.2 Å². The molecule has 1 aromatic heterocycles. The summed E-state index contributed by atoms with van der Waals surface area (Å²) in [4.78, 5) is 12.0. The van der Waals surface area contributed by atoms with E-state index in [1.165, 1.54) is 22.5 Å². The van der Waals surface area contributed by atoms with Crippen LogP contribution in [0.25, 0.3) is 0 Å². The predicted octanol–water partition coefficient (Wildman–Crippen LogP) is 4.46. The maximum absolute atomic E-state index is 12.0. The van der Waals surface area contributed by atoms with Gasteiger partial charge < -0.3 is 4.74 Å². The van der Waals surface area contributed by atoms with Crippen molar-refractivity contribution in [2.75, 3.05) is 11.9 Å². The molecule has 0 aliphatic heterocycles. The monoisotopic (exact) mass is 385 g/mol. The second kappa shape index (κ2) is 8.82. The predicted molar refractivity (Wildman–Crippen MR) is 106 cm³/mol. The van der Waals surface area contributed by atoms with E-state index in [4.69, 9.17) is 4.74 Å². The number of nitrogens with one attached hydrogen (secondary N) is 1. The Bertz CT molecular complexity index is 882. The van der Waals surface area contributed by atoms with Crippen molar-refractivity contribution < 1.29 is 9.53 Å². The summed E-state index contributed by atoms with van der Waals surface area (Å²) >= 11 is 2.96. The fourth-order valence-electron chi connectivity index (χ4n) is 2.15. The number of rotatable bonds is 7. The Morgan fingerprint density at radius 3 is 2.69 bits per heavy atom. The minimum atomic E-state index is -0.251. The molecule has 0 aliphatic carbocycles. The number of carbonyl (C=O) groups excluding carboxylic acids is 1.